The van der Waals surface area contributed by atoms with Gasteiger partial charge in [-0.05, 0) is 26.7 Å². The Morgan fingerprint density at radius 3 is 2.80 bits per heavy atom. The third-order valence-electron chi connectivity index (χ3n) is 3.61. The van der Waals surface area contributed by atoms with E-state index in [9.17, 15) is 9.59 Å². The van der Waals surface area contributed by atoms with Crippen LogP contribution in [0, 0.1) is 0 Å². The van der Waals surface area contributed by atoms with Crippen LogP contribution < -0.4 is 0 Å². The van der Waals surface area contributed by atoms with Gasteiger partial charge in [0.25, 0.3) is 5.91 Å². The van der Waals surface area contributed by atoms with Crippen LogP contribution in [0.2, 0.25) is 0 Å². The van der Waals surface area contributed by atoms with E-state index in [4.69, 9.17) is 9.84 Å². The van der Waals surface area contributed by atoms with E-state index in [1.165, 1.54) is 43.3 Å². The van der Waals surface area contributed by atoms with Crippen LogP contribution in [0.5, 0.6) is 0 Å². The topological polar surface area (TPSA) is 79.7 Å². The van der Waals surface area contributed by atoms with E-state index >= 15 is 0 Å². The number of hydrogen-bond donors (Lipinski definition) is 1. The van der Waals surface area contributed by atoms with E-state index in [0.717, 1.165) is 24.5 Å². The molecule has 0 spiro atoms. The number of aromatic nitrogens is 1. The highest BCUT2D eigenvalue weighted by atomic mass is 32.1. The van der Waals surface area contributed by atoms with Gasteiger partial charge in [-0.15, -0.1) is 11.3 Å². The highest BCUT2D eigenvalue weighted by Gasteiger charge is 2.36. The Labute approximate surface area is 121 Å². The van der Waals surface area contributed by atoms with Gasteiger partial charge >= 0.3 is 5.97 Å². The first kappa shape index (κ1) is 14.9. The van der Waals surface area contributed by atoms with E-state index in [1.807, 2.05) is 0 Å². The Morgan fingerprint density at radius 1 is 1.55 bits per heavy atom. The average molecular weight is 298 g/mol. The Balaban J connectivity index is 2.15. The third kappa shape index (κ3) is 2.69. The SMILES string of the molecule is CN(C(=O)c1cnc(C2CCCO2)s1)C(C)(C)C(=O)O. The van der Waals surface area contributed by atoms with Crippen LogP contribution in [-0.2, 0) is 9.53 Å². The highest BCUT2D eigenvalue weighted by Crippen LogP contribution is 2.32. The Bertz CT molecular complexity index is 520. The summed E-state index contributed by atoms with van der Waals surface area (Å²) >= 11 is 1.27. The molecule has 0 aliphatic carbocycles. The number of rotatable bonds is 4. The second-order valence-corrected chi connectivity index (χ2v) is 6.35. The van der Waals surface area contributed by atoms with Crippen molar-refractivity contribution < 1.29 is 19.4 Å². The third-order valence-corrected chi connectivity index (χ3v) is 4.68. The first-order valence-electron chi connectivity index (χ1n) is 6.43. The Kier molecular flexibility index (Phi) is 4.10. The van der Waals surface area contributed by atoms with Gasteiger partial charge in [-0.1, -0.05) is 0 Å². The predicted octanol–water partition coefficient (Wildman–Crippen LogP) is 1.93. The van der Waals surface area contributed by atoms with Crippen LogP contribution >= 0.6 is 11.3 Å². The van der Waals surface area contributed by atoms with E-state index in [-0.39, 0.29) is 12.0 Å². The summed E-state index contributed by atoms with van der Waals surface area (Å²) in [7, 11) is 1.49. The summed E-state index contributed by atoms with van der Waals surface area (Å²) in [4.78, 5) is 29.4. The quantitative estimate of drug-likeness (QED) is 0.918. The maximum atomic E-state index is 12.3. The van der Waals surface area contributed by atoms with Gasteiger partial charge in [-0.2, -0.15) is 0 Å². The number of carbonyl (C=O) groups is 2. The van der Waals surface area contributed by atoms with Crippen LogP contribution in [0.4, 0.5) is 0 Å². The largest absolute Gasteiger partial charge is 0.480 e. The molecule has 1 aliphatic rings. The summed E-state index contributed by atoms with van der Waals surface area (Å²) in [6.45, 7) is 3.71. The number of carboxylic acid groups (broad SMARTS) is 1. The zero-order chi connectivity index (χ0) is 14.9. The first-order chi connectivity index (χ1) is 9.34. The fourth-order valence-corrected chi connectivity index (χ4v) is 2.85. The van der Waals surface area contributed by atoms with Crippen LogP contribution in [0.3, 0.4) is 0 Å². The van der Waals surface area contributed by atoms with Crippen LogP contribution in [0.1, 0.15) is 47.5 Å². The molecule has 0 bridgehead atoms. The van der Waals surface area contributed by atoms with E-state index in [0.29, 0.717) is 4.88 Å². The van der Waals surface area contributed by atoms with Gasteiger partial charge in [0.1, 0.15) is 21.5 Å². The van der Waals surface area contributed by atoms with Gasteiger partial charge in [-0.3, -0.25) is 4.79 Å². The number of likely N-dealkylation sites (N-methyl/N-ethyl adjacent to an activating group) is 1. The molecule has 1 N–H and O–H groups in total. The van der Waals surface area contributed by atoms with Crippen molar-refractivity contribution >= 4 is 23.2 Å². The summed E-state index contributed by atoms with van der Waals surface area (Å²) in [5.74, 6) is -1.38. The molecule has 1 aliphatic heterocycles. The van der Waals surface area contributed by atoms with Crippen LogP contribution in [0.25, 0.3) is 0 Å². The summed E-state index contributed by atoms with van der Waals surface area (Å²) < 4.78 is 5.53. The van der Waals surface area contributed by atoms with Crippen molar-refractivity contribution in [1.29, 1.82) is 0 Å². The van der Waals surface area contributed by atoms with Crippen LogP contribution in [0.15, 0.2) is 6.20 Å². The van der Waals surface area contributed by atoms with Gasteiger partial charge in [0.05, 0.1) is 6.20 Å². The van der Waals surface area contributed by atoms with Gasteiger partial charge in [0.15, 0.2) is 0 Å². The minimum Gasteiger partial charge on any atom is -0.480 e. The molecule has 0 saturated carbocycles. The standard InChI is InChI=1S/C13H18N2O4S/c1-13(2,12(17)18)15(3)11(16)9-7-14-10(20-9)8-5-4-6-19-8/h7-8H,4-6H2,1-3H3,(H,17,18). The lowest BCUT2D eigenvalue weighted by molar-refractivity contribution is -0.147. The lowest BCUT2D eigenvalue weighted by Crippen LogP contribution is -2.50. The number of thiazole rings is 1. The molecular weight excluding hydrogens is 280 g/mol. The molecule has 1 aromatic rings. The molecule has 1 amide bonds. The van der Waals surface area contributed by atoms with Crippen molar-refractivity contribution in [3.05, 3.63) is 16.1 Å². The lowest BCUT2D eigenvalue weighted by Gasteiger charge is -2.31. The minimum absolute atomic E-state index is 0.0284. The van der Waals surface area contributed by atoms with Crippen LogP contribution in [-0.4, -0.2) is 46.1 Å². The van der Waals surface area contributed by atoms with E-state index in [1.54, 1.807) is 0 Å². The summed E-state index contributed by atoms with van der Waals surface area (Å²) in [6, 6.07) is 0. The Morgan fingerprint density at radius 2 is 2.25 bits per heavy atom. The van der Waals surface area contributed by atoms with Crippen molar-refractivity contribution in [2.75, 3.05) is 13.7 Å². The summed E-state index contributed by atoms with van der Waals surface area (Å²) in [5.41, 5.74) is -1.26. The molecule has 110 valence electrons. The molecule has 7 heteroatoms. The highest BCUT2D eigenvalue weighted by molar-refractivity contribution is 7.13. The van der Waals surface area contributed by atoms with E-state index < -0.39 is 11.5 Å². The van der Waals surface area contributed by atoms with Gasteiger partial charge in [0.2, 0.25) is 0 Å². The molecule has 1 atom stereocenters. The number of ether oxygens (including phenoxy) is 1. The molecule has 1 aromatic heterocycles. The van der Waals surface area contributed by atoms with Crippen molar-refractivity contribution in [2.45, 2.75) is 38.3 Å². The fourth-order valence-electron chi connectivity index (χ4n) is 1.87. The average Bonchev–Trinajstić information content (AvgIpc) is 3.06. The van der Waals surface area contributed by atoms with Crippen molar-refractivity contribution in [2.24, 2.45) is 0 Å². The van der Waals surface area contributed by atoms with Gasteiger partial charge < -0.3 is 14.7 Å². The zero-order valence-electron chi connectivity index (χ0n) is 11.8. The monoisotopic (exact) mass is 298 g/mol. The van der Waals surface area contributed by atoms with Gasteiger partial charge in [0, 0.05) is 13.7 Å². The van der Waals surface area contributed by atoms with Crippen molar-refractivity contribution in [1.82, 2.24) is 9.88 Å². The lowest BCUT2D eigenvalue weighted by atomic mass is 10.0. The summed E-state index contributed by atoms with van der Waals surface area (Å²) in [6.07, 6.45) is 3.38. The maximum Gasteiger partial charge on any atom is 0.329 e. The first-order valence-corrected chi connectivity index (χ1v) is 7.24. The molecule has 1 fully saturated rings. The zero-order valence-corrected chi connectivity index (χ0v) is 12.6. The number of carboxylic acids is 1. The summed E-state index contributed by atoms with van der Waals surface area (Å²) in [5, 5.41) is 9.94. The molecule has 2 heterocycles. The molecule has 2 rings (SSSR count). The molecule has 0 radical (unpaired) electrons. The second-order valence-electron chi connectivity index (χ2n) is 5.29. The van der Waals surface area contributed by atoms with E-state index in [2.05, 4.69) is 4.98 Å². The molecular formula is C13H18N2O4S. The number of amides is 1. The number of aliphatic carboxylic acids is 1. The Hall–Kier alpha value is -1.47. The minimum atomic E-state index is -1.26. The van der Waals surface area contributed by atoms with Gasteiger partial charge in [-0.25, -0.2) is 9.78 Å². The number of carbonyl (C=O) groups excluding carboxylic acids is 1. The number of hydrogen-bond acceptors (Lipinski definition) is 5. The fraction of sp³-hybridized carbons (Fsp3) is 0.615. The molecule has 0 aromatic carbocycles. The number of nitrogens with zero attached hydrogens (tertiary/aromatic N) is 2. The molecule has 20 heavy (non-hydrogen) atoms. The predicted molar refractivity (Wildman–Crippen MR) is 73.8 cm³/mol. The molecule has 1 unspecified atom stereocenters. The second kappa shape index (κ2) is 5.49. The maximum absolute atomic E-state index is 12.3. The smallest absolute Gasteiger partial charge is 0.329 e. The molecule has 1 saturated heterocycles. The molecule has 6 nitrogen and oxygen atoms in total. The van der Waals surface area contributed by atoms with Crippen molar-refractivity contribution in [3.8, 4) is 0 Å². The van der Waals surface area contributed by atoms with Crippen molar-refractivity contribution in [3.63, 3.8) is 0 Å². The normalized spacial score (nSPS) is 19.1.